The maximum atomic E-state index is 13.6. The summed E-state index contributed by atoms with van der Waals surface area (Å²) < 4.78 is 38.7. The van der Waals surface area contributed by atoms with Crippen LogP contribution in [0.15, 0.2) is 18.3 Å². The third-order valence-corrected chi connectivity index (χ3v) is 5.65. The minimum atomic E-state index is -3.42. The smallest absolute Gasteiger partial charge is 0.326 e. The molecule has 2 saturated heterocycles. The van der Waals surface area contributed by atoms with Crippen LogP contribution in [0.3, 0.4) is 0 Å². The van der Waals surface area contributed by atoms with E-state index in [0.717, 1.165) is 13.1 Å². The molecule has 0 saturated carbocycles. The van der Waals surface area contributed by atoms with Gasteiger partial charge in [-0.1, -0.05) is 11.8 Å². The predicted molar refractivity (Wildman–Crippen MR) is 121 cm³/mol. The van der Waals surface area contributed by atoms with Crippen molar-refractivity contribution >= 4 is 22.6 Å². The molecule has 2 fully saturated rings. The molecule has 0 bridgehead atoms. The van der Waals surface area contributed by atoms with E-state index in [-0.39, 0.29) is 35.8 Å². The second-order valence-corrected chi connectivity index (χ2v) is 8.98. The fraction of sp³-hybridized carbons (Fsp3) is 0.458. The first-order valence-electron chi connectivity index (χ1n) is 11.0. The van der Waals surface area contributed by atoms with Gasteiger partial charge < -0.3 is 25.4 Å². The Hall–Kier alpha value is -3.45. The third-order valence-electron chi connectivity index (χ3n) is 5.65. The van der Waals surface area contributed by atoms with Crippen LogP contribution in [0, 0.1) is 17.8 Å². The summed E-state index contributed by atoms with van der Waals surface area (Å²) in [5.74, 6) is 1.60. The van der Waals surface area contributed by atoms with Gasteiger partial charge in [0.25, 0.3) is 11.8 Å². The Labute approximate surface area is 195 Å². The number of amides is 2. The number of carbonyl (C=O) groups is 2. The summed E-state index contributed by atoms with van der Waals surface area (Å²) in [5, 5.41) is 3.30. The van der Waals surface area contributed by atoms with Crippen LogP contribution in [-0.2, 0) is 4.79 Å². The first-order chi connectivity index (χ1) is 16.0. The zero-order chi connectivity index (χ0) is 24.6. The largest absolute Gasteiger partial charge is 0.490 e. The lowest BCUT2D eigenvalue weighted by Crippen LogP contribution is -2.42. The van der Waals surface area contributed by atoms with Crippen LogP contribution < -0.4 is 20.5 Å². The summed E-state index contributed by atoms with van der Waals surface area (Å²) in [6.45, 7) is 5.17. The molecule has 2 amide bonds. The quantitative estimate of drug-likeness (QED) is 0.623. The fourth-order valence-electron chi connectivity index (χ4n) is 3.99. The number of nitrogens with one attached hydrogen (secondary N) is 1. The van der Waals surface area contributed by atoms with Gasteiger partial charge in [-0.15, -0.1) is 0 Å². The van der Waals surface area contributed by atoms with E-state index in [1.807, 2.05) is 20.9 Å². The second-order valence-electron chi connectivity index (χ2n) is 8.98. The fourth-order valence-corrected chi connectivity index (χ4v) is 3.99. The standard InChI is InChI=1S/C24H26F2N4O4/c1-13(2)34-20-7-18-17(6-19(20)21(27)31)15(5-4-14-10-30(3)11-14)9-28-22(18)33-12-16-8-24(25,26)23(32)29-16/h6-7,9,13-14,16H,8,10-12H2,1-3H3,(H2,27,31)(H,29,32). The molecular weight excluding hydrogens is 446 g/mol. The van der Waals surface area contributed by atoms with Crippen molar-refractivity contribution < 1.29 is 27.8 Å². The molecule has 1 aromatic carbocycles. The van der Waals surface area contributed by atoms with Crippen molar-refractivity contribution in [2.75, 3.05) is 26.7 Å². The highest BCUT2D eigenvalue weighted by Crippen LogP contribution is 2.34. The topological polar surface area (TPSA) is 107 Å². The number of halogens is 2. The van der Waals surface area contributed by atoms with E-state index in [1.54, 1.807) is 12.1 Å². The molecule has 1 unspecified atom stereocenters. The van der Waals surface area contributed by atoms with Crippen LogP contribution in [0.25, 0.3) is 10.8 Å². The van der Waals surface area contributed by atoms with Gasteiger partial charge in [0.1, 0.15) is 12.4 Å². The number of hydrogen-bond acceptors (Lipinski definition) is 6. The Balaban J connectivity index is 1.72. The van der Waals surface area contributed by atoms with Crippen LogP contribution in [-0.4, -0.2) is 66.5 Å². The molecule has 4 rings (SSSR count). The van der Waals surface area contributed by atoms with Crippen molar-refractivity contribution in [3.8, 4) is 23.5 Å². The minimum Gasteiger partial charge on any atom is -0.490 e. The lowest BCUT2D eigenvalue weighted by Gasteiger charge is -2.32. The molecular formula is C24H26F2N4O4. The Kier molecular flexibility index (Phi) is 6.32. The Bertz CT molecular complexity index is 1200. The molecule has 8 nitrogen and oxygen atoms in total. The SMILES string of the molecule is CC(C)Oc1cc2c(OCC3CC(F)(F)C(=O)N3)ncc(C#CC3CN(C)C3)c2cc1C(N)=O. The number of nitrogens with two attached hydrogens (primary N) is 1. The van der Waals surface area contributed by atoms with Crippen molar-refractivity contribution in [3.63, 3.8) is 0 Å². The predicted octanol–water partition coefficient (Wildman–Crippen LogP) is 1.94. The van der Waals surface area contributed by atoms with Crippen molar-refractivity contribution in [3.05, 3.63) is 29.5 Å². The maximum Gasteiger partial charge on any atom is 0.326 e. The first-order valence-corrected chi connectivity index (χ1v) is 11.0. The number of primary amides is 1. The van der Waals surface area contributed by atoms with Gasteiger partial charge in [0.05, 0.1) is 23.3 Å². The van der Waals surface area contributed by atoms with E-state index in [9.17, 15) is 18.4 Å². The van der Waals surface area contributed by atoms with Crippen LogP contribution in [0.2, 0.25) is 0 Å². The Morgan fingerprint density at radius 1 is 1.35 bits per heavy atom. The van der Waals surface area contributed by atoms with Gasteiger partial charge in [-0.25, -0.2) is 4.98 Å². The zero-order valence-corrected chi connectivity index (χ0v) is 19.2. The highest BCUT2D eigenvalue weighted by Gasteiger charge is 2.48. The van der Waals surface area contributed by atoms with Gasteiger partial charge in [-0.3, -0.25) is 9.59 Å². The van der Waals surface area contributed by atoms with Gasteiger partial charge in [-0.2, -0.15) is 8.78 Å². The van der Waals surface area contributed by atoms with Gasteiger partial charge >= 0.3 is 5.92 Å². The second kappa shape index (κ2) is 9.06. The molecule has 180 valence electrons. The summed E-state index contributed by atoms with van der Waals surface area (Å²) in [6, 6.07) is 2.33. The van der Waals surface area contributed by atoms with Crippen molar-refractivity contribution in [2.45, 2.75) is 38.3 Å². The van der Waals surface area contributed by atoms with E-state index in [1.165, 1.54) is 6.20 Å². The molecule has 3 heterocycles. The van der Waals surface area contributed by atoms with Gasteiger partial charge in [-0.05, 0) is 33.0 Å². The van der Waals surface area contributed by atoms with Gasteiger partial charge in [0.15, 0.2) is 0 Å². The van der Waals surface area contributed by atoms with Gasteiger partial charge in [0, 0.05) is 42.4 Å². The first kappa shape index (κ1) is 23.7. The summed E-state index contributed by atoms with van der Waals surface area (Å²) in [6.07, 6.45) is 0.627. The maximum absolute atomic E-state index is 13.6. The molecule has 34 heavy (non-hydrogen) atoms. The monoisotopic (exact) mass is 472 g/mol. The number of fused-ring (bicyclic) bond motifs is 1. The van der Waals surface area contributed by atoms with Crippen molar-refractivity contribution in [2.24, 2.45) is 11.7 Å². The van der Waals surface area contributed by atoms with Crippen LogP contribution in [0.1, 0.15) is 36.2 Å². The lowest BCUT2D eigenvalue weighted by atomic mass is 9.99. The summed E-state index contributed by atoms with van der Waals surface area (Å²) >= 11 is 0. The summed E-state index contributed by atoms with van der Waals surface area (Å²) in [7, 11) is 2.01. The Morgan fingerprint density at radius 3 is 2.68 bits per heavy atom. The third kappa shape index (κ3) is 4.89. The zero-order valence-electron chi connectivity index (χ0n) is 19.2. The average Bonchev–Trinajstić information content (AvgIpc) is 2.99. The normalized spacial score (nSPS) is 19.9. The number of alkyl halides is 2. The lowest BCUT2D eigenvalue weighted by molar-refractivity contribution is -0.139. The minimum absolute atomic E-state index is 0.151. The molecule has 3 N–H and O–H groups in total. The number of likely N-dealkylation sites (tertiary alicyclic amines) is 1. The van der Waals surface area contributed by atoms with E-state index >= 15 is 0 Å². The molecule has 1 aromatic heterocycles. The van der Waals surface area contributed by atoms with Crippen molar-refractivity contribution in [1.29, 1.82) is 0 Å². The molecule has 2 aliphatic rings. The van der Waals surface area contributed by atoms with Gasteiger partial charge in [0.2, 0.25) is 5.88 Å². The number of carbonyl (C=O) groups excluding carboxylic acids is 2. The molecule has 10 heteroatoms. The molecule has 0 radical (unpaired) electrons. The molecule has 0 spiro atoms. The highest BCUT2D eigenvalue weighted by molar-refractivity contribution is 6.03. The van der Waals surface area contributed by atoms with E-state index < -0.39 is 30.2 Å². The van der Waals surface area contributed by atoms with E-state index in [2.05, 4.69) is 27.0 Å². The number of nitrogens with zero attached hydrogens (tertiary/aromatic N) is 2. The van der Waals surface area contributed by atoms with Crippen LogP contribution >= 0.6 is 0 Å². The van der Waals surface area contributed by atoms with E-state index in [0.29, 0.717) is 16.3 Å². The van der Waals surface area contributed by atoms with Crippen molar-refractivity contribution in [1.82, 2.24) is 15.2 Å². The number of aromatic nitrogens is 1. The van der Waals surface area contributed by atoms with E-state index in [4.69, 9.17) is 15.2 Å². The van der Waals surface area contributed by atoms with Crippen LogP contribution in [0.4, 0.5) is 8.78 Å². The molecule has 2 aliphatic heterocycles. The molecule has 0 aliphatic carbocycles. The number of ether oxygens (including phenoxy) is 2. The summed E-state index contributed by atoms with van der Waals surface area (Å²) in [4.78, 5) is 30.0. The number of hydrogen-bond donors (Lipinski definition) is 2. The highest BCUT2D eigenvalue weighted by atomic mass is 19.3. The number of benzene rings is 1. The number of rotatable bonds is 6. The molecule has 2 aromatic rings. The average molecular weight is 472 g/mol. The van der Waals surface area contributed by atoms with Crippen LogP contribution in [0.5, 0.6) is 11.6 Å². The molecule has 1 atom stereocenters. The Morgan fingerprint density at radius 2 is 2.09 bits per heavy atom. The number of pyridine rings is 1. The summed E-state index contributed by atoms with van der Waals surface area (Å²) in [5.41, 5.74) is 6.37.